The topological polar surface area (TPSA) is 20.2 Å². The maximum absolute atomic E-state index is 13.2. The first-order valence-corrected chi connectivity index (χ1v) is 5.16. The molecule has 0 saturated heterocycles. The quantitative estimate of drug-likeness (QED) is 0.821. The second-order valence-electron chi connectivity index (χ2n) is 3.84. The molecular formula is C11H12ClFO. The van der Waals surface area contributed by atoms with Crippen LogP contribution in [0.15, 0.2) is 18.2 Å². The van der Waals surface area contributed by atoms with E-state index < -0.39 is 6.10 Å². The Hall–Kier alpha value is -0.600. The zero-order valence-corrected chi connectivity index (χ0v) is 8.47. The standard InChI is InChI=1S/C11H12ClFO/c12-9-3-4-10(13)8(5-9)6-11(14)7-1-2-7/h3-5,7,11,14H,1-2,6H2. The monoisotopic (exact) mass is 214 g/mol. The molecule has 0 bridgehead atoms. The van der Waals surface area contributed by atoms with E-state index in [-0.39, 0.29) is 5.82 Å². The van der Waals surface area contributed by atoms with Gasteiger partial charge in [-0.1, -0.05) is 11.6 Å². The molecule has 14 heavy (non-hydrogen) atoms. The van der Waals surface area contributed by atoms with Gasteiger partial charge in [0.15, 0.2) is 0 Å². The van der Waals surface area contributed by atoms with Gasteiger partial charge in [0.2, 0.25) is 0 Å². The van der Waals surface area contributed by atoms with Crippen molar-refractivity contribution in [3.8, 4) is 0 Å². The van der Waals surface area contributed by atoms with Gasteiger partial charge in [-0.25, -0.2) is 4.39 Å². The fourth-order valence-electron chi connectivity index (χ4n) is 1.57. The summed E-state index contributed by atoms with van der Waals surface area (Å²) in [4.78, 5) is 0. The lowest BCUT2D eigenvalue weighted by atomic mass is 10.0. The fraction of sp³-hybridized carbons (Fsp3) is 0.455. The Kier molecular flexibility index (Phi) is 2.75. The van der Waals surface area contributed by atoms with Gasteiger partial charge in [-0.2, -0.15) is 0 Å². The Bertz CT molecular complexity index is 336. The van der Waals surface area contributed by atoms with E-state index in [1.807, 2.05) is 0 Å². The Labute approximate surface area is 87.5 Å². The Balaban J connectivity index is 2.10. The Morgan fingerprint density at radius 3 is 2.86 bits per heavy atom. The predicted octanol–water partition coefficient (Wildman–Crippen LogP) is 2.79. The van der Waals surface area contributed by atoms with Gasteiger partial charge in [-0.3, -0.25) is 0 Å². The molecule has 0 amide bonds. The summed E-state index contributed by atoms with van der Waals surface area (Å²) >= 11 is 5.75. The van der Waals surface area contributed by atoms with Crippen LogP contribution in [0.5, 0.6) is 0 Å². The van der Waals surface area contributed by atoms with Crippen LogP contribution in [0.3, 0.4) is 0 Å². The summed E-state index contributed by atoms with van der Waals surface area (Å²) in [5, 5.41) is 10.2. The molecule has 1 unspecified atom stereocenters. The van der Waals surface area contributed by atoms with E-state index in [9.17, 15) is 9.50 Å². The molecule has 0 aliphatic heterocycles. The first-order chi connectivity index (χ1) is 6.66. The number of halogens is 2. The lowest BCUT2D eigenvalue weighted by Crippen LogP contribution is -2.13. The summed E-state index contributed by atoms with van der Waals surface area (Å²) in [6, 6.07) is 4.45. The highest BCUT2D eigenvalue weighted by Crippen LogP contribution is 2.34. The van der Waals surface area contributed by atoms with Gasteiger partial charge in [-0.05, 0) is 42.5 Å². The second kappa shape index (κ2) is 3.87. The van der Waals surface area contributed by atoms with Gasteiger partial charge in [0.05, 0.1) is 6.10 Å². The summed E-state index contributed by atoms with van der Waals surface area (Å²) in [5.41, 5.74) is 0.511. The van der Waals surface area contributed by atoms with Crippen LogP contribution in [-0.4, -0.2) is 11.2 Å². The largest absolute Gasteiger partial charge is 0.392 e. The summed E-state index contributed by atoms with van der Waals surface area (Å²) in [7, 11) is 0. The molecule has 0 spiro atoms. The highest BCUT2D eigenvalue weighted by molar-refractivity contribution is 6.30. The van der Waals surface area contributed by atoms with Crippen molar-refractivity contribution in [3.63, 3.8) is 0 Å². The van der Waals surface area contributed by atoms with Crippen LogP contribution in [0.2, 0.25) is 5.02 Å². The average Bonchev–Trinajstić information content (AvgIpc) is 2.94. The summed E-state index contributed by atoms with van der Waals surface area (Å²) < 4.78 is 13.2. The van der Waals surface area contributed by atoms with Crippen LogP contribution in [0, 0.1) is 11.7 Å². The van der Waals surface area contributed by atoms with Crippen molar-refractivity contribution in [2.24, 2.45) is 5.92 Å². The van der Waals surface area contributed by atoms with Gasteiger partial charge >= 0.3 is 0 Å². The van der Waals surface area contributed by atoms with Crippen molar-refractivity contribution >= 4 is 11.6 Å². The maximum Gasteiger partial charge on any atom is 0.126 e. The smallest absolute Gasteiger partial charge is 0.126 e. The number of rotatable bonds is 3. The molecule has 2 rings (SSSR count). The number of hydrogen-bond donors (Lipinski definition) is 1. The molecule has 1 aromatic carbocycles. The molecular weight excluding hydrogens is 203 g/mol. The minimum Gasteiger partial charge on any atom is -0.392 e. The van der Waals surface area contributed by atoms with Gasteiger partial charge in [0, 0.05) is 11.4 Å². The number of hydrogen-bond acceptors (Lipinski definition) is 1. The highest BCUT2D eigenvalue weighted by Gasteiger charge is 2.30. The van der Waals surface area contributed by atoms with Crippen LogP contribution in [0.25, 0.3) is 0 Å². The molecule has 0 heterocycles. The molecule has 1 saturated carbocycles. The third-order valence-corrected chi connectivity index (χ3v) is 2.84. The number of aliphatic hydroxyl groups is 1. The van der Waals surface area contributed by atoms with Crippen LogP contribution < -0.4 is 0 Å². The van der Waals surface area contributed by atoms with E-state index in [0.717, 1.165) is 12.8 Å². The molecule has 76 valence electrons. The fourth-order valence-corrected chi connectivity index (χ4v) is 1.77. The minimum absolute atomic E-state index is 0.283. The van der Waals surface area contributed by atoms with Crippen molar-refractivity contribution in [1.82, 2.24) is 0 Å². The zero-order chi connectivity index (χ0) is 10.1. The van der Waals surface area contributed by atoms with E-state index in [4.69, 9.17) is 11.6 Å². The van der Waals surface area contributed by atoms with Crippen molar-refractivity contribution in [1.29, 1.82) is 0 Å². The molecule has 1 nitrogen and oxygen atoms in total. The molecule has 3 heteroatoms. The third kappa shape index (κ3) is 2.25. The second-order valence-corrected chi connectivity index (χ2v) is 4.28. The minimum atomic E-state index is -0.414. The summed E-state index contributed by atoms with van der Waals surface area (Å²) in [6.45, 7) is 0. The van der Waals surface area contributed by atoms with Crippen LogP contribution in [-0.2, 0) is 6.42 Å². The molecule has 1 N–H and O–H groups in total. The van der Waals surface area contributed by atoms with Gasteiger partial charge < -0.3 is 5.11 Å². The third-order valence-electron chi connectivity index (χ3n) is 2.60. The first-order valence-electron chi connectivity index (χ1n) is 4.79. The SMILES string of the molecule is OC(Cc1cc(Cl)ccc1F)C1CC1. The Morgan fingerprint density at radius 1 is 1.50 bits per heavy atom. The normalized spacial score (nSPS) is 18.2. The van der Waals surface area contributed by atoms with Crippen LogP contribution in [0.1, 0.15) is 18.4 Å². The average molecular weight is 215 g/mol. The molecule has 1 atom stereocenters. The van der Waals surface area contributed by atoms with Crippen LogP contribution in [0.4, 0.5) is 4.39 Å². The highest BCUT2D eigenvalue weighted by atomic mass is 35.5. The molecule has 0 aromatic heterocycles. The molecule has 1 aliphatic carbocycles. The van der Waals surface area contributed by atoms with Crippen LogP contribution >= 0.6 is 11.6 Å². The molecule has 1 aromatic rings. The zero-order valence-electron chi connectivity index (χ0n) is 7.71. The van der Waals surface area contributed by atoms with E-state index >= 15 is 0 Å². The lowest BCUT2D eigenvalue weighted by Gasteiger charge is -2.09. The maximum atomic E-state index is 13.2. The predicted molar refractivity (Wildman–Crippen MR) is 53.8 cm³/mol. The van der Waals surface area contributed by atoms with Crippen molar-refractivity contribution in [3.05, 3.63) is 34.6 Å². The van der Waals surface area contributed by atoms with E-state index in [1.54, 1.807) is 6.07 Å². The lowest BCUT2D eigenvalue weighted by molar-refractivity contribution is 0.150. The van der Waals surface area contributed by atoms with Gasteiger partial charge in [0.25, 0.3) is 0 Å². The summed E-state index contributed by atoms with van der Waals surface area (Å²) in [5.74, 6) is 0.0856. The van der Waals surface area contributed by atoms with Gasteiger partial charge in [-0.15, -0.1) is 0 Å². The Morgan fingerprint density at radius 2 is 2.21 bits per heavy atom. The molecule has 0 radical (unpaired) electrons. The number of aliphatic hydroxyl groups excluding tert-OH is 1. The summed E-state index contributed by atoms with van der Waals surface area (Å²) in [6.07, 6.45) is 2.08. The first kappa shape index (κ1) is 9.94. The van der Waals surface area contributed by atoms with Gasteiger partial charge in [0.1, 0.15) is 5.82 Å². The van der Waals surface area contributed by atoms with Crippen molar-refractivity contribution in [2.75, 3.05) is 0 Å². The van der Waals surface area contributed by atoms with Crippen molar-refractivity contribution < 1.29 is 9.50 Å². The number of benzene rings is 1. The van der Waals surface area contributed by atoms with Crippen molar-refractivity contribution in [2.45, 2.75) is 25.4 Å². The van der Waals surface area contributed by atoms with E-state index in [0.29, 0.717) is 22.9 Å². The molecule has 1 fully saturated rings. The molecule has 1 aliphatic rings. The van der Waals surface area contributed by atoms with E-state index in [2.05, 4.69) is 0 Å². The van der Waals surface area contributed by atoms with E-state index in [1.165, 1.54) is 12.1 Å².